The normalized spacial score (nSPS) is 17.2. The maximum absolute atomic E-state index is 6.27. The Morgan fingerprint density at radius 2 is 1.68 bits per heavy atom. The van der Waals surface area contributed by atoms with Gasteiger partial charge in [0.05, 0.1) is 6.61 Å². The maximum Gasteiger partial charge on any atom is 0.122 e. The number of fused-ring (bicyclic) bond motifs is 1. The highest BCUT2D eigenvalue weighted by atomic mass is 16.5. The molecule has 3 aromatic carbocycles. The average molecular weight is 455 g/mol. The van der Waals surface area contributed by atoms with Crippen molar-refractivity contribution in [1.82, 2.24) is 10.2 Å². The van der Waals surface area contributed by atoms with E-state index in [2.05, 4.69) is 92.5 Å². The number of rotatable bonds is 7. The molecule has 3 aromatic rings. The summed E-state index contributed by atoms with van der Waals surface area (Å²) in [6.07, 6.45) is 3.47. The molecule has 5 rings (SSSR count). The first-order valence-electron chi connectivity index (χ1n) is 12.8. The molecular formula is C31H38N2O. The molecule has 0 radical (unpaired) electrons. The molecule has 0 unspecified atom stereocenters. The fourth-order valence-electron chi connectivity index (χ4n) is 5.52. The van der Waals surface area contributed by atoms with E-state index >= 15 is 0 Å². The Morgan fingerprint density at radius 1 is 0.912 bits per heavy atom. The van der Waals surface area contributed by atoms with Crippen molar-refractivity contribution in [2.24, 2.45) is 0 Å². The summed E-state index contributed by atoms with van der Waals surface area (Å²) in [5.41, 5.74) is 11.0. The van der Waals surface area contributed by atoms with Crippen LogP contribution in [0.15, 0.2) is 54.6 Å². The molecule has 178 valence electrons. The zero-order valence-corrected chi connectivity index (χ0v) is 21.2. The van der Waals surface area contributed by atoms with Gasteiger partial charge in [-0.05, 0) is 104 Å². The van der Waals surface area contributed by atoms with Crippen molar-refractivity contribution in [3.8, 4) is 28.0 Å². The van der Waals surface area contributed by atoms with Gasteiger partial charge in [0.2, 0.25) is 0 Å². The predicted octanol–water partition coefficient (Wildman–Crippen LogP) is 6.54. The van der Waals surface area contributed by atoms with Crippen LogP contribution >= 0.6 is 0 Å². The molecule has 3 heteroatoms. The van der Waals surface area contributed by atoms with E-state index in [9.17, 15) is 0 Å². The lowest BCUT2D eigenvalue weighted by Gasteiger charge is -2.48. The largest absolute Gasteiger partial charge is 0.493 e. The van der Waals surface area contributed by atoms with Crippen molar-refractivity contribution in [3.05, 3.63) is 76.9 Å². The second kappa shape index (κ2) is 9.56. The van der Waals surface area contributed by atoms with Crippen LogP contribution in [0.5, 0.6) is 5.75 Å². The molecule has 0 saturated carbocycles. The molecule has 0 atom stereocenters. The van der Waals surface area contributed by atoms with Crippen LogP contribution in [-0.2, 0) is 13.0 Å². The lowest BCUT2D eigenvalue weighted by molar-refractivity contribution is 0.0123. The smallest absolute Gasteiger partial charge is 0.122 e. The number of likely N-dealkylation sites (tertiary alicyclic amines) is 1. The lowest BCUT2D eigenvalue weighted by atomic mass is 9.89. The predicted molar refractivity (Wildman–Crippen MR) is 143 cm³/mol. The van der Waals surface area contributed by atoms with Crippen molar-refractivity contribution in [3.63, 3.8) is 0 Å². The number of nitrogens with zero attached hydrogens (tertiary/aromatic N) is 1. The first-order chi connectivity index (χ1) is 16.4. The monoisotopic (exact) mass is 454 g/mol. The quantitative estimate of drug-likeness (QED) is 0.410. The highest BCUT2D eigenvalue weighted by Gasteiger charge is 2.34. The van der Waals surface area contributed by atoms with Crippen LogP contribution in [0.2, 0.25) is 0 Å². The Hall–Kier alpha value is -2.62. The maximum atomic E-state index is 6.27. The summed E-state index contributed by atoms with van der Waals surface area (Å²) in [5, 5.41) is 3.47. The van der Waals surface area contributed by atoms with Gasteiger partial charge in [-0.1, -0.05) is 48.5 Å². The van der Waals surface area contributed by atoms with Crippen molar-refractivity contribution < 1.29 is 4.74 Å². The van der Waals surface area contributed by atoms with Crippen LogP contribution in [-0.4, -0.2) is 36.7 Å². The number of benzene rings is 3. The average Bonchev–Trinajstić information content (AvgIpc) is 2.84. The minimum absolute atomic E-state index is 0.368. The van der Waals surface area contributed by atoms with Gasteiger partial charge in [-0.25, -0.2) is 0 Å². The Balaban J connectivity index is 1.35. The third-order valence-electron chi connectivity index (χ3n) is 7.99. The van der Waals surface area contributed by atoms with E-state index in [1.807, 2.05) is 0 Å². The molecule has 1 saturated heterocycles. The van der Waals surface area contributed by atoms with Crippen molar-refractivity contribution in [1.29, 1.82) is 0 Å². The van der Waals surface area contributed by atoms with Crippen molar-refractivity contribution in [2.45, 2.75) is 59.0 Å². The summed E-state index contributed by atoms with van der Waals surface area (Å²) in [4.78, 5) is 2.56. The van der Waals surface area contributed by atoms with Crippen LogP contribution < -0.4 is 10.1 Å². The van der Waals surface area contributed by atoms with E-state index < -0.39 is 0 Å². The first-order valence-corrected chi connectivity index (χ1v) is 12.8. The zero-order chi connectivity index (χ0) is 23.7. The third kappa shape index (κ3) is 4.52. The van der Waals surface area contributed by atoms with Gasteiger partial charge in [-0.15, -0.1) is 0 Å². The molecular weight excluding hydrogens is 416 g/mol. The number of hydrogen-bond donors (Lipinski definition) is 1. The van der Waals surface area contributed by atoms with Crippen LogP contribution in [0.3, 0.4) is 0 Å². The number of nitrogens with one attached hydrogen (secondary N) is 1. The Morgan fingerprint density at radius 3 is 2.44 bits per heavy atom. The molecule has 0 bridgehead atoms. The van der Waals surface area contributed by atoms with E-state index in [-0.39, 0.29) is 0 Å². The standard InChI is InChI=1S/C31H38N2O/c1-22-27(25-12-13-26-21-32-16-14-24(26)20-25)8-5-9-28(22)29-10-6-11-30(23(29)2)34-19-7-17-33-18-15-31(33,3)4/h5-6,8-13,20,32H,7,14-19,21H2,1-4H3. The molecule has 0 spiro atoms. The van der Waals surface area contributed by atoms with E-state index in [1.165, 1.54) is 57.5 Å². The van der Waals surface area contributed by atoms with E-state index in [0.717, 1.165) is 44.8 Å². The van der Waals surface area contributed by atoms with Crippen LogP contribution in [0, 0.1) is 13.8 Å². The summed E-state index contributed by atoms with van der Waals surface area (Å²) >= 11 is 0. The van der Waals surface area contributed by atoms with Gasteiger partial charge in [0, 0.05) is 25.2 Å². The lowest BCUT2D eigenvalue weighted by Crippen LogP contribution is -2.55. The fourth-order valence-corrected chi connectivity index (χ4v) is 5.52. The summed E-state index contributed by atoms with van der Waals surface area (Å²) < 4.78 is 6.27. The third-order valence-corrected chi connectivity index (χ3v) is 7.99. The molecule has 0 aromatic heterocycles. The van der Waals surface area contributed by atoms with Gasteiger partial charge in [0.15, 0.2) is 0 Å². The van der Waals surface area contributed by atoms with E-state index in [4.69, 9.17) is 4.74 Å². The molecule has 2 aliphatic rings. The van der Waals surface area contributed by atoms with Gasteiger partial charge in [-0.3, -0.25) is 4.90 Å². The van der Waals surface area contributed by atoms with Gasteiger partial charge in [0.25, 0.3) is 0 Å². The molecule has 3 nitrogen and oxygen atoms in total. The topological polar surface area (TPSA) is 24.5 Å². The molecule has 0 aliphatic carbocycles. The SMILES string of the molecule is Cc1c(OCCCN2CCC2(C)C)cccc1-c1cccc(-c2ccc3c(c2)CCNC3)c1C. The van der Waals surface area contributed by atoms with E-state index in [1.54, 1.807) is 0 Å². The van der Waals surface area contributed by atoms with E-state index in [0.29, 0.717) is 5.54 Å². The second-order valence-corrected chi connectivity index (χ2v) is 10.6. The summed E-state index contributed by atoms with van der Waals surface area (Å²) in [5.74, 6) is 1.01. The second-order valence-electron chi connectivity index (χ2n) is 10.6. The minimum atomic E-state index is 0.368. The van der Waals surface area contributed by atoms with Crippen LogP contribution in [0.25, 0.3) is 22.3 Å². The molecule has 1 N–H and O–H groups in total. The Labute approximate surface area is 205 Å². The summed E-state index contributed by atoms with van der Waals surface area (Å²) in [7, 11) is 0. The zero-order valence-electron chi connectivity index (χ0n) is 21.2. The van der Waals surface area contributed by atoms with Crippen LogP contribution in [0.4, 0.5) is 0 Å². The molecule has 34 heavy (non-hydrogen) atoms. The molecule has 2 heterocycles. The van der Waals surface area contributed by atoms with Gasteiger partial charge in [-0.2, -0.15) is 0 Å². The Bertz CT molecular complexity index is 1180. The minimum Gasteiger partial charge on any atom is -0.493 e. The Kier molecular flexibility index (Phi) is 6.50. The van der Waals surface area contributed by atoms with Crippen molar-refractivity contribution in [2.75, 3.05) is 26.2 Å². The molecule has 1 fully saturated rings. The molecule has 0 amide bonds. The number of hydrogen-bond acceptors (Lipinski definition) is 3. The fraction of sp³-hybridized carbons (Fsp3) is 0.419. The highest BCUT2D eigenvalue weighted by molar-refractivity contribution is 5.80. The summed E-state index contributed by atoms with van der Waals surface area (Å²) in [6.45, 7) is 14.3. The first kappa shape index (κ1) is 23.1. The summed E-state index contributed by atoms with van der Waals surface area (Å²) in [6, 6.07) is 20.2. The number of ether oxygens (including phenoxy) is 1. The highest BCUT2D eigenvalue weighted by Crippen LogP contribution is 2.37. The van der Waals surface area contributed by atoms with Crippen LogP contribution in [0.1, 0.15) is 48.9 Å². The van der Waals surface area contributed by atoms with Crippen molar-refractivity contribution >= 4 is 0 Å². The van der Waals surface area contributed by atoms with Gasteiger partial charge in [0.1, 0.15) is 5.75 Å². The van der Waals surface area contributed by atoms with Gasteiger partial charge < -0.3 is 10.1 Å². The molecule has 2 aliphatic heterocycles. The van der Waals surface area contributed by atoms with Gasteiger partial charge >= 0.3 is 0 Å².